The summed E-state index contributed by atoms with van der Waals surface area (Å²) < 4.78 is 0. The zero-order chi connectivity index (χ0) is 13.3. The average molecular weight is 248 g/mol. The van der Waals surface area contributed by atoms with Crippen molar-refractivity contribution in [2.45, 2.75) is 19.4 Å². The number of hydrogen-bond donors (Lipinski definition) is 2. The molecule has 2 amide bonds. The Hall–Kier alpha value is -1.88. The van der Waals surface area contributed by atoms with Crippen molar-refractivity contribution in [2.24, 2.45) is 0 Å². The molecule has 0 spiro atoms. The van der Waals surface area contributed by atoms with Gasteiger partial charge in [0.1, 0.15) is 0 Å². The van der Waals surface area contributed by atoms with E-state index in [9.17, 15) is 9.59 Å². The molecule has 0 saturated heterocycles. The van der Waals surface area contributed by atoms with E-state index >= 15 is 0 Å². The maximum atomic E-state index is 11.8. The first kappa shape index (κ1) is 12.6. The summed E-state index contributed by atoms with van der Waals surface area (Å²) in [6.07, 6.45) is 0.269. The van der Waals surface area contributed by atoms with Gasteiger partial charge in [0.25, 0.3) is 11.8 Å². The number of hydrogen-bond acceptors (Lipinski definition) is 4. The summed E-state index contributed by atoms with van der Waals surface area (Å²) in [4.78, 5) is 24.6. The molecule has 96 valence electrons. The Morgan fingerprint density at radius 3 is 2.61 bits per heavy atom. The lowest BCUT2D eigenvalue weighted by atomic mass is 10.1. The van der Waals surface area contributed by atoms with Gasteiger partial charge >= 0.3 is 0 Å². The Labute approximate surface area is 105 Å². The maximum Gasteiger partial charge on any atom is 0.261 e. The van der Waals surface area contributed by atoms with Gasteiger partial charge in [-0.15, -0.1) is 0 Å². The molecule has 0 saturated carbocycles. The summed E-state index contributed by atoms with van der Waals surface area (Å²) in [5, 5.41) is 12.3. The van der Waals surface area contributed by atoms with Crippen LogP contribution in [0.1, 0.15) is 34.1 Å². The number of anilines is 1. The highest BCUT2D eigenvalue weighted by Gasteiger charge is 2.32. The molecule has 5 nitrogen and oxygen atoms in total. The lowest BCUT2D eigenvalue weighted by Gasteiger charge is -2.08. The summed E-state index contributed by atoms with van der Waals surface area (Å²) in [6, 6.07) is 5.11. The average Bonchev–Trinajstić information content (AvgIpc) is 2.54. The first-order valence-corrected chi connectivity index (χ1v) is 5.89. The molecule has 1 aliphatic heterocycles. The predicted molar refractivity (Wildman–Crippen MR) is 67.7 cm³/mol. The first-order valence-electron chi connectivity index (χ1n) is 5.89. The Kier molecular flexibility index (Phi) is 3.34. The molecule has 1 aromatic rings. The van der Waals surface area contributed by atoms with Gasteiger partial charge in [-0.05, 0) is 31.5 Å². The number of imide groups is 1. The fraction of sp³-hybridized carbons (Fsp3) is 0.385. The van der Waals surface area contributed by atoms with Crippen LogP contribution in [0.2, 0.25) is 0 Å². The van der Waals surface area contributed by atoms with E-state index in [-0.39, 0.29) is 17.9 Å². The lowest BCUT2D eigenvalue weighted by molar-refractivity contribution is 0.0693. The molecule has 0 aliphatic carbocycles. The van der Waals surface area contributed by atoms with Gasteiger partial charge in [-0.3, -0.25) is 14.5 Å². The quantitative estimate of drug-likeness (QED) is 0.783. The van der Waals surface area contributed by atoms with Crippen LogP contribution in [0, 0.1) is 0 Å². The molecule has 1 aromatic carbocycles. The van der Waals surface area contributed by atoms with E-state index in [0.29, 0.717) is 24.1 Å². The topological polar surface area (TPSA) is 69.6 Å². The molecule has 1 aliphatic rings. The predicted octanol–water partition coefficient (Wildman–Crippen LogP) is 1.10. The second-order valence-electron chi connectivity index (χ2n) is 4.49. The van der Waals surface area contributed by atoms with Crippen molar-refractivity contribution in [2.75, 3.05) is 18.9 Å². The molecular formula is C13H16N2O3. The highest BCUT2D eigenvalue weighted by atomic mass is 16.3. The van der Waals surface area contributed by atoms with Crippen LogP contribution < -0.4 is 5.32 Å². The fourth-order valence-corrected chi connectivity index (χ4v) is 1.90. The minimum Gasteiger partial charge on any atom is -0.393 e. The van der Waals surface area contributed by atoms with Crippen LogP contribution in [0.15, 0.2) is 18.2 Å². The smallest absolute Gasteiger partial charge is 0.261 e. The highest BCUT2D eigenvalue weighted by molar-refractivity contribution is 6.21. The van der Waals surface area contributed by atoms with Crippen LogP contribution in [0.3, 0.4) is 0 Å². The largest absolute Gasteiger partial charge is 0.393 e. The Morgan fingerprint density at radius 2 is 1.94 bits per heavy atom. The molecule has 2 N–H and O–H groups in total. The van der Waals surface area contributed by atoms with Crippen LogP contribution in [-0.2, 0) is 0 Å². The number of nitrogens with one attached hydrogen (secondary N) is 1. The number of carbonyl (C=O) groups is 2. The van der Waals surface area contributed by atoms with Crippen molar-refractivity contribution in [1.29, 1.82) is 0 Å². The molecule has 0 fully saturated rings. The Morgan fingerprint density at radius 1 is 1.28 bits per heavy atom. The van der Waals surface area contributed by atoms with E-state index in [1.165, 1.54) is 7.05 Å². The monoisotopic (exact) mass is 248 g/mol. The maximum absolute atomic E-state index is 11.8. The van der Waals surface area contributed by atoms with E-state index < -0.39 is 0 Å². The molecule has 0 aromatic heterocycles. The van der Waals surface area contributed by atoms with Crippen molar-refractivity contribution in [3.63, 3.8) is 0 Å². The molecule has 1 unspecified atom stereocenters. The summed E-state index contributed by atoms with van der Waals surface area (Å²) in [5.74, 6) is -0.528. The number of rotatable bonds is 4. The van der Waals surface area contributed by atoms with E-state index in [0.717, 1.165) is 10.6 Å². The molecule has 0 bridgehead atoms. The van der Waals surface area contributed by atoms with Crippen LogP contribution in [0.4, 0.5) is 5.69 Å². The SMILES string of the molecule is CC(O)CCNc1ccc2c(c1)C(=O)N(C)C2=O. The van der Waals surface area contributed by atoms with Gasteiger partial charge in [0.05, 0.1) is 17.2 Å². The molecule has 0 radical (unpaired) electrons. The number of amides is 2. The third kappa shape index (κ3) is 2.22. The van der Waals surface area contributed by atoms with Gasteiger partial charge in [0.15, 0.2) is 0 Å². The Bertz CT molecular complexity index is 497. The second-order valence-corrected chi connectivity index (χ2v) is 4.49. The second kappa shape index (κ2) is 4.78. The van der Waals surface area contributed by atoms with Crippen molar-refractivity contribution >= 4 is 17.5 Å². The number of nitrogens with zero attached hydrogens (tertiary/aromatic N) is 1. The third-order valence-corrected chi connectivity index (χ3v) is 2.98. The summed E-state index contributed by atoms with van der Waals surface area (Å²) in [5.41, 5.74) is 1.67. The summed E-state index contributed by atoms with van der Waals surface area (Å²) in [6.45, 7) is 2.34. The third-order valence-electron chi connectivity index (χ3n) is 2.98. The minimum atomic E-state index is -0.360. The number of aliphatic hydroxyl groups is 1. The van der Waals surface area contributed by atoms with Gasteiger partial charge in [-0.25, -0.2) is 0 Å². The first-order chi connectivity index (χ1) is 8.50. The van der Waals surface area contributed by atoms with Crippen molar-refractivity contribution in [3.05, 3.63) is 29.3 Å². The van der Waals surface area contributed by atoms with Crippen molar-refractivity contribution < 1.29 is 14.7 Å². The lowest BCUT2D eigenvalue weighted by Crippen LogP contribution is -2.24. The zero-order valence-corrected chi connectivity index (χ0v) is 10.4. The standard InChI is InChI=1S/C13H16N2O3/c1-8(16)5-6-14-9-3-4-10-11(7-9)13(18)15(2)12(10)17/h3-4,7-8,14,16H,5-6H2,1-2H3. The molecule has 1 heterocycles. The molecular weight excluding hydrogens is 232 g/mol. The fourth-order valence-electron chi connectivity index (χ4n) is 1.90. The zero-order valence-electron chi connectivity index (χ0n) is 10.4. The Balaban J connectivity index is 2.14. The summed E-state index contributed by atoms with van der Waals surface area (Å²) >= 11 is 0. The molecule has 5 heteroatoms. The van der Waals surface area contributed by atoms with E-state index in [1.807, 2.05) is 0 Å². The van der Waals surface area contributed by atoms with Crippen LogP contribution >= 0.6 is 0 Å². The number of aliphatic hydroxyl groups excluding tert-OH is 1. The van der Waals surface area contributed by atoms with Gasteiger partial charge < -0.3 is 10.4 Å². The van der Waals surface area contributed by atoms with Crippen LogP contribution in [0.5, 0.6) is 0 Å². The van der Waals surface area contributed by atoms with Gasteiger partial charge in [-0.2, -0.15) is 0 Å². The van der Waals surface area contributed by atoms with Crippen molar-refractivity contribution in [3.8, 4) is 0 Å². The minimum absolute atomic E-state index is 0.259. The van der Waals surface area contributed by atoms with Gasteiger partial charge in [0, 0.05) is 19.3 Å². The van der Waals surface area contributed by atoms with E-state index in [2.05, 4.69) is 5.32 Å². The summed E-state index contributed by atoms with van der Waals surface area (Å²) in [7, 11) is 1.48. The number of benzene rings is 1. The highest BCUT2D eigenvalue weighted by Crippen LogP contribution is 2.24. The van der Waals surface area contributed by atoms with Gasteiger partial charge in [0.2, 0.25) is 0 Å². The molecule has 2 rings (SSSR count). The van der Waals surface area contributed by atoms with E-state index in [4.69, 9.17) is 5.11 Å². The van der Waals surface area contributed by atoms with E-state index in [1.54, 1.807) is 25.1 Å². The van der Waals surface area contributed by atoms with Gasteiger partial charge in [-0.1, -0.05) is 0 Å². The number of fused-ring (bicyclic) bond motifs is 1. The normalized spacial score (nSPS) is 15.8. The molecule has 18 heavy (non-hydrogen) atoms. The van der Waals surface area contributed by atoms with Crippen LogP contribution in [0.25, 0.3) is 0 Å². The van der Waals surface area contributed by atoms with Crippen molar-refractivity contribution in [1.82, 2.24) is 4.90 Å². The van der Waals surface area contributed by atoms with Crippen LogP contribution in [-0.4, -0.2) is 41.5 Å². The number of carbonyl (C=O) groups excluding carboxylic acids is 2. The molecule has 1 atom stereocenters.